The smallest absolute Gasteiger partial charge is 0.180 e. The highest BCUT2D eigenvalue weighted by molar-refractivity contribution is 5.99. The van der Waals surface area contributed by atoms with Crippen molar-refractivity contribution >= 4 is 5.78 Å². The fourth-order valence-electron chi connectivity index (χ4n) is 2.40. The monoisotopic (exact) mass is 231 g/mol. The summed E-state index contributed by atoms with van der Waals surface area (Å²) in [6.45, 7) is 0. The third-order valence-electron chi connectivity index (χ3n) is 3.37. The largest absolute Gasteiger partial charge is 0.496 e. The van der Waals surface area contributed by atoms with Gasteiger partial charge < -0.3 is 10.1 Å². The lowest BCUT2D eigenvalue weighted by atomic mass is 9.78. The van der Waals surface area contributed by atoms with Crippen molar-refractivity contribution < 1.29 is 9.53 Å². The quantitative estimate of drug-likeness (QED) is 0.865. The van der Waals surface area contributed by atoms with Crippen LogP contribution in [-0.4, -0.2) is 19.9 Å². The first-order chi connectivity index (χ1) is 8.24. The maximum Gasteiger partial charge on any atom is 0.180 e. The van der Waals surface area contributed by atoms with Gasteiger partial charge in [-0.3, -0.25) is 4.79 Å². The van der Waals surface area contributed by atoms with Crippen molar-refractivity contribution in [2.24, 2.45) is 0 Å². The minimum Gasteiger partial charge on any atom is -0.496 e. The third kappa shape index (κ3) is 1.87. The lowest BCUT2D eigenvalue weighted by molar-refractivity contribution is -0.121. The van der Waals surface area contributed by atoms with E-state index in [1.165, 1.54) is 0 Å². The van der Waals surface area contributed by atoms with Crippen molar-refractivity contribution in [1.82, 2.24) is 5.32 Å². The van der Waals surface area contributed by atoms with Gasteiger partial charge in [-0.25, -0.2) is 0 Å². The molecule has 1 aliphatic carbocycles. The molecule has 17 heavy (non-hydrogen) atoms. The molecule has 1 N–H and O–H groups in total. The highest BCUT2D eigenvalue weighted by Crippen LogP contribution is 2.36. The van der Waals surface area contributed by atoms with E-state index >= 15 is 0 Å². The Bertz CT molecular complexity index is 453. The van der Waals surface area contributed by atoms with Crippen LogP contribution in [0.3, 0.4) is 0 Å². The van der Waals surface area contributed by atoms with Crippen LogP contribution in [0.2, 0.25) is 0 Å². The van der Waals surface area contributed by atoms with Crippen LogP contribution in [0.15, 0.2) is 36.4 Å². The molecule has 1 aromatic carbocycles. The van der Waals surface area contributed by atoms with Gasteiger partial charge in [0, 0.05) is 5.56 Å². The lowest BCUT2D eigenvalue weighted by Crippen LogP contribution is -2.48. The van der Waals surface area contributed by atoms with Crippen LogP contribution in [0.25, 0.3) is 0 Å². The van der Waals surface area contributed by atoms with Gasteiger partial charge in [0.1, 0.15) is 11.3 Å². The van der Waals surface area contributed by atoms with Gasteiger partial charge in [-0.05, 0) is 32.0 Å². The molecule has 0 unspecified atom stereocenters. The first-order valence-electron chi connectivity index (χ1n) is 5.78. The molecule has 1 aromatic rings. The summed E-state index contributed by atoms with van der Waals surface area (Å²) >= 11 is 0. The molecule has 90 valence electrons. The Kier molecular flexibility index (Phi) is 3.29. The predicted molar refractivity (Wildman–Crippen MR) is 67.1 cm³/mol. The molecule has 0 saturated carbocycles. The van der Waals surface area contributed by atoms with Gasteiger partial charge in [-0.15, -0.1) is 0 Å². The summed E-state index contributed by atoms with van der Waals surface area (Å²) < 4.78 is 5.36. The molecule has 1 aliphatic rings. The molecular weight excluding hydrogens is 214 g/mol. The van der Waals surface area contributed by atoms with Crippen molar-refractivity contribution in [1.29, 1.82) is 0 Å². The molecular formula is C14H17NO2. The van der Waals surface area contributed by atoms with Crippen LogP contribution in [0.5, 0.6) is 5.75 Å². The number of benzene rings is 1. The van der Waals surface area contributed by atoms with E-state index in [0.29, 0.717) is 0 Å². The number of carbonyl (C=O) groups is 1. The zero-order valence-electron chi connectivity index (χ0n) is 10.2. The van der Waals surface area contributed by atoms with Gasteiger partial charge in [0.15, 0.2) is 5.78 Å². The topological polar surface area (TPSA) is 38.3 Å². The standard InChI is InChI=1S/C14H17NO2/c1-15-14(10-6-5-9-13(14)16)11-7-3-4-8-12(11)17-2/h3-5,7-9,15H,6,10H2,1-2H3/t14-/m1/s1. The van der Waals surface area contributed by atoms with E-state index in [-0.39, 0.29) is 5.78 Å². The zero-order chi connectivity index (χ0) is 12.3. The van der Waals surface area contributed by atoms with E-state index < -0.39 is 5.54 Å². The van der Waals surface area contributed by atoms with E-state index in [0.717, 1.165) is 24.2 Å². The molecule has 0 radical (unpaired) electrons. The first-order valence-corrected chi connectivity index (χ1v) is 5.78. The molecule has 2 rings (SSSR count). The average molecular weight is 231 g/mol. The van der Waals surface area contributed by atoms with Crippen LogP contribution in [0.4, 0.5) is 0 Å². The van der Waals surface area contributed by atoms with Crippen LogP contribution in [-0.2, 0) is 10.3 Å². The molecule has 3 nitrogen and oxygen atoms in total. The van der Waals surface area contributed by atoms with E-state index in [1.807, 2.05) is 37.4 Å². The summed E-state index contributed by atoms with van der Waals surface area (Å²) in [6, 6.07) is 7.68. The zero-order valence-corrected chi connectivity index (χ0v) is 10.2. The fourth-order valence-corrected chi connectivity index (χ4v) is 2.40. The molecule has 3 heteroatoms. The Morgan fingerprint density at radius 1 is 1.35 bits per heavy atom. The van der Waals surface area contributed by atoms with Crippen molar-refractivity contribution in [3.05, 3.63) is 42.0 Å². The third-order valence-corrected chi connectivity index (χ3v) is 3.37. The molecule has 0 aromatic heterocycles. The maximum atomic E-state index is 12.2. The van der Waals surface area contributed by atoms with Gasteiger partial charge in [0.05, 0.1) is 7.11 Å². The van der Waals surface area contributed by atoms with E-state index in [4.69, 9.17) is 4.74 Å². The number of para-hydroxylation sites is 1. The van der Waals surface area contributed by atoms with Gasteiger partial charge >= 0.3 is 0 Å². The summed E-state index contributed by atoms with van der Waals surface area (Å²) in [5.74, 6) is 0.848. The summed E-state index contributed by atoms with van der Waals surface area (Å²) in [7, 11) is 3.45. The Morgan fingerprint density at radius 2 is 2.12 bits per heavy atom. The number of hydrogen-bond acceptors (Lipinski definition) is 3. The number of nitrogens with one attached hydrogen (secondary N) is 1. The number of ether oxygens (including phenoxy) is 1. The second-order valence-corrected chi connectivity index (χ2v) is 4.16. The number of methoxy groups -OCH3 is 1. The van der Waals surface area contributed by atoms with Gasteiger partial charge in [-0.1, -0.05) is 24.3 Å². The normalized spacial score (nSPS) is 23.8. The number of carbonyl (C=O) groups excluding carboxylic acids is 1. The Labute approximate surface area is 101 Å². The number of rotatable bonds is 3. The summed E-state index contributed by atoms with van der Waals surface area (Å²) in [5, 5.41) is 3.18. The molecule has 0 bridgehead atoms. The fraction of sp³-hybridized carbons (Fsp3) is 0.357. The molecule has 0 aliphatic heterocycles. The number of ketones is 1. The second-order valence-electron chi connectivity index (χ2n) is 4.16. The molecule has 0 amide bonds. The van der Waals surface area contributed by atoms with Crippen LogP contribution < -0.4 is 10.1 Å². The lowest BCUT2D eigenvalue weighted by Gasteiger charge is -2.34. The van der Waals surface area contributed by atoms with Crippen molar-refractivity contribution in [3.63, 3.8) is 0 Å². The minimum atomic E-state index is -0.638. The van der Waals surface area contributed by atoms with Gasteiger partial charge in [0.2, 0.25) is 0 Å². The van der Waals surface area contributed by atoms with Crippen LogP contribution in [0.1, 0.15) is 18.4 Å². The highest BCUT2D eigenvalue weighted by atomic mass is 16.5. The molecule has 0 fully saturated rings. The van der Waals surface area contributed by atoms with E-state index in [1.54, 1.807) is 13.2 Å². The van der Waals surface area contributed by atoms with E-state index in [9.17, 15) is 4.79 Å². The minimum absolute atomic E-state index is 0.0933. The average Bonchev–Trinajstić information content (AvgIpc) is 2.40. The van der Waals surface area contributed by atoms with Gasteiger partial charge in [-0.2, -0.15) is 0 Å². The van der Waals surface area contributed by atoms with Crippen LogP contribution in [0, 0.1) is 0 Å². The van der Waals surface area contributed by atoms with Crippen molar-refractivity contribution in [2.75, 3.05) is 14.2 Å². The predicted octanol–water partition coefficient (Wildman–Crippen LogP) is 2.03. The summed E-state index contributed by atoms with van der Waals surface area (Å²) in [4.78, 5) is 12.2. The first kappa shape index (κ1) is 11.9. The van der Waals surface area contributed by atoms with Crippen molar-refractivity contribution in [2.45, 2.75) is 18.4 Å². The summed E-state index contributed by atoms with van der Waals surface area (Å²) in [5.41, 5.74) is 0.279. The molecule has 0 heterocycles. The SMILES string of the molecule is CN[C@@]1(c2ccccc2OC)CCC=CC1=O. The Balaban J connectivity index is 2.54. The highest BCUT2D eigenvalue weighted by Gasteiger charge is 2.40. The Morgan fingerprint density at radius 3 is 2.76 bits per heavy atom. The van der Waals surface area contributed by atoms with Crippen LogP contribution >= 0.6 is 0 Å². The van der Waals surface area contributed by atoms with E-state index in [2.05, 4.69) is 5.32 Å². The van der Waals surface area contributed by atoms with Gasteiger partial charge in [0.25, 0.3) is 0 Å². The summed E-state index contributed by atoms with van der Waals surface area (Å²) in [6.07, 6.45) is 5.24. The Hall–Kier alpha value is -1.61. The molecule has 0 saturated heterocycles. The molecule has 0 spiro atoms. The molecule has 1 atom stereocenters. The number of allylic oxidation sites excluding steroid dienone is 1. The number of hydrogen-bond donors (Lipinski definition) is 1. The number of likely N-dealkylation sites (N-methyl/N-ethyl adjacent to an activating group) is 1. The maximum absolute atomic E-state index is 12.2. The second kappa shape index (κ2) is 4.72. The van der Waals surface area contributed by atoms with Crippen molar-refractivity contribution in [3.8, 4) is 5.75 Å².